The van der Waals surface area contributed by atoms with E-state index in [1.165, 1.54) is 0 Å². The van der Waals surface area contributed by atoms with E-state index in [4.69, 9.17) is 5.73 Å². The van der Waals surface area contributed by atoms with Crippen molar-refractivity contribution in [3.8, 4) is 0 Å². The largest absolute Gasteiger partial charge is 0.398 e. The van der Waals surface area contributed by atoms with Gasteiger partial charge in [0.05, 0.1) is 0 Å². The molecule has 0 aromatic heterocycles. The van der Waals surface area contributed by atoms with Crippen LogP contribution in [0.5, 0.6) is 0 Å². The average Bonchev–Trinajstić information content (AvgIpc) is 2.22. The predicted octanol–water partition coefficient (Wildman–Crippen LogP) is 2.56. The molecule has 82 valence electrons. The van der Waals surface area contributed by atoms with Crippen LogP contribution in [0.4, 0.5) is 5.69 Å². The minimum absolute atomic E-state index is 0.0517. The topological polar surface area (TPSA) is 55.1 Å². The highest BCUT2D eigenvalue weighted by Crippen LogP contribution is 2.20. The van der Waals surface area contributed by atoms with Crippen molar-refractivity contribution in [3.05, 3.63) is 28.2 Å². The van der Waals surface area contributed by atoms with Crippen LogP contribution in [0.3, 0.4) is 0 Å². The number of rotatable bonds is 4. The molecule has 1 rings (SSSR count). The summed E-state index contributed by atoms with van der Waals surface area (Å²) >= 11 is 3.29. The maximum Gasteiger partial charge on any atom is 0.251 e. The highest BCUT2D eigenvalue weighted by Gasteiger charge is 2.06. The summed E-state index contributed by atoms with van der Waals surface area (Å²) in [4.78, 5) is 11.6. The molecule has 0 heterocycles. The molecule has 0 saturated heterocycles. The summed E-state index contributed by atoms with van der Waals surface area (Å²) in [7, 11) is 0. The van der Waals surface area contributed by atoms with Gasteiger partial charge in [-0.25, -0.2) is 0 Å². The van der Waals surface area contributed by atoms with Crippen molar-refractivity contribution in [1.29, 1.82) is 0 Å². The lowest BCUT2D eigenvalue weighted by Gasteiger charge is -2.05. The first-order chi connectivity index (χ1) is 7.15. The number of amides is 1. The minimum Gasteiger partial charge on any atom is -0.398 e. The molecule has 0 radical (unpaired) electrons. The molecule has 4 heteroatoms. The van der Waals surface area contributed by atoms with Gasteiger partial charge in [-0.15, -0.1) is 0 Å². The Balaban J connectivity index is 2.62. The first kappa shape index (κ1) is 12.0. The molecule has 1 aromatic rings. The normalized spacial score (nSPS) is 10.0. The number of nitrogens with two attached hydrogens (primary N) is 1. The maximum absolute atomic E-state index is 11.6. The smallest absolute Gasteiger partial charge is 0.251 e. The molecule has 0 bridgehead atoms. The Morgan fingerprint density at radius 2 is 2.27 bits per heavy atom. The van der Waals surface area contributed by atoms with Crippen molar-refractivity contribution < 1.29 is 4.79 Å². The number of hydrogen-bond donors (Lipinski definition) is 2. The fourth-order valence-corrected chi connectivity index (χ4v) is 1.53. The molecule has 0 aliphatic rings. The summed E-state index contributed by atoms with van der Waals surface area (Å²) in [5.41, 5.74) is 6.90. The van der Waals surface area contributed by atoms with Gasteiger partial charge in [0.2, 0.25) is 0 Å². The van der Waals surface area contributed by atoms with Crippen molar-refractivity contribution in [2.45, 2.75) is 19.8 Å². The van der Waals surface area contributed by atoms with Gasteiger partial charge in [0.15, 0.2) is 0 Å². The zero-order valence-corrected chi connectivity index (χ0v) is 10.3. The Bertz CT molecular complexity index is 352. The molecule has 1 aromatic carbocycles. The fourth-order valence-electron chi connectivity index (χ4n) is 1.15. The van der Waals surface area contributed by atoms with E-state index >= 15 is 0 Å². The third-order valence-electron chi connectivity index (χ3n) is 2.08. The minimum atomic E-state index is -0.0517. The fraction of sp³-hybridized carbons (Fsp3) is 0.364. The number of benzene rings is 1. The molecular weight excluding hydrogens is 256 g/mol. The van der Waals surface area contributed by atoms with Crippen LogP contribution in [0.2, 0.25) is 0 Å². The monoisotopic (exact) mass is 270 g/mol. The van der Waals surface area contributed by atoms with Gasteiger partial charge in [0.25, 0.3) is 5.91 Å². The van der Waals surface area contributed by atoms with Gasteiger partial charge in [-0.3, -0.25) is 4.79 Å². The first-order valence-electron chi connectivity index (χ1n) is 4.98. The van der Waals surface area contributed by atoms with E-state index in [2.05, 4.69) is 28.2 Å². The zero-order valence-electron chi connectivity index (χ0n) is 8.72. The van der Waals surface area contributed by atoms with E-state index in [-0.39, 0.29) is 5.91 Å². The highest BCUT2D eigenvalue weighted by atomic mass is 79.9. The van der Waals surface area contributed by atoms with Crippen molar-refractivity contribution in [3.63, 3.8) is 0 Å². The van der Waals surface area contributed by atoms with Crippen molar-refractivity contribution in [2.75, 3.05) is 12.3 Å². The zero-order chi connectivity index (χ0) is 11.3. The molecule has 1 amide bonds. The Hall–Kier alpha value is -1.03. The van der Waals surface area contributed by atoms with E-state index in [0.29, 0.717) is 11.3 Å². The Labute approximate surface area is 98.2 Å². The quantitative estimate of drug-likeness (QED) is 0.653. The lowest BCUT2D eigenvalue weighted by atomic mass is 10.2. The van der Waals surface area contributed by atoms with E-state index in [9.17, 15) is 4.79 Å². The van der Waals surface area contributed by atoms with E-state index in [0.717, 1.165) is 23.9 Å². The SMILES string of the molecule is CCCCNC(=O)c1ccc(N)c(Br)c1. The van der Waals surface area contributed by atoms with Crippen LogP contribution in [-0.4, -0.2) is 12.5 Å². The molecule has 0 saturated carbocycles. The number of unbranched alkanes of at least 4 members (excludes halogenated alkanes) is 1. The van der Waals surface area contributed by atoms with Gasteiger partial charge >= 0.3 is 0 Å². The van der Waals surface area contributed by atoms with Crippen LogP contribution in [0.25, 0.3) is 0 Å². The molecule has 0 aliphatic carbocycles. The van der Waals surface area contributed by atoms with Gasteiger partial charge in [-0.05, 0) is 40.5 Å². The van der Waals surface area contributed by atoms with Crippen LogP contribution >= 0.6 is 15.9 Å². The molecule has 3 nitrogen and oxygen atoms in total. The van der Waals surface area contributed by atoms with E-state index in [1.807, 2.05) is 0 Å². The Morgan fingerprint density at radius 1 is 1.53 bits per heavy atom. The Morgan fingerprint density at radius 3 is 2.87 bits per heavy atom. The summed E-state index contributed by atoms with van der Waals surface area (Å²) < 4.78 is 0.755. The second-order valence-corrected chi connectivity index (χ2v) is 4.20. The lowest BCUT2D eigenvalue weighted by molar-refractivity contribution is 0.0953. The van der Waals surface area contributed by atoms with Crippen LogP contribution in [0.1, 0.15) is 30.1 Å². The summed E-state index contributed by atoms with van der Waals surface area (Å²) in [6.07, 6.45) is 2.08. The molecular formula is C11H15BrN2O. The molecule has 0 atom stereocenters. The summed E-state index contributed by atoms with van der Waals surface area (Å²) in [5, 5.41) is 2.85. The second kappa shape index (κ2) is 5.75. The van der Waals surface area contributed by atoms with Crippen LogP contribution in [-0.2, 0) is 0 Å². The van der Waals surface area contributed by atoms with Crippen LogP contribution in [0.15, 0.2) is 22.7 Å². The maximum atomic E-state index is 11.6. The van der Waals surface area contributed by atoms with Gasteiger partial charge < -0.3 is 11.1 Å². The molecule has 0 fully saturated rings. The van der Waals surface area contributed by atoms with Gasteiger partial charge in [-0.2, -0.15) is 0 Å². The number of hydrogen-bond acceptors (Lipinski definition) is 2. The van der Waals surface area contributed by atoms with Crippen molar-refractivity contribution in [2.24, 2.45) is 0 Å². The number of nitrogen functional groups attached to an aromatic ring is 1. The lowest BCUT2D eigenvalue weighted by Crippen LogP contribution is -2.24. The summed E-state index contributed by atoms with van der Waals surface area (Å²) in [6.45, 7) is 2.81. The van der Waals surface area contributed by atoms with Gasteiger partial charge in [0.1, 0.15) is 0 Å². The molecule has 3 N–H and O–H groups in total. The number of carbonyl (C=O) groups is 1. The number of anilines is 1. The Kier molecular flexibility index (Phi) is 4.62. The van der Waals surface area contributed by atoms with Crippen LogP contribution in [0, 0.1) is 0 Å². The number of nitrogens with one attached hydrogen (secondary N) is 1. The third-order valence-corrected chi connectivity index (χ3v) is 2.77. The standard InChI is InChI=1S/C11H15BrN2O/c1-2-3-6-14-11(15)8-4-5-10(13)9(12)7-8/h4-5,7H,2-3,6,13H2,1H3,(H,14,15). The third kappa shape index (κ3) is 3.55. The molecule has 0 aliphatic heterocycles. The van der Waals surface area contributed by atoms with E-state index < -0.39 is 0 Å². The van der Waals surface area contributed by atoms with Gasteiger partial charge in [-0.1, -0.05) is 13.3 Å². The van der Waals surface area contributed by atoms with E-state index in [1.54, 1.807) is 18.2 Å². The average molecular weight is 271 g/mol. The number of halogens is 1. The second-order valence-electron chi connectivity index (χ2n) is 3.35. The predicted molar refractivity (Wildman–Crippen MR) is 65.8 cm³/mol. The molecule has 0 spiro atoms. The molecule has 15 heavy (non-hydrogen) atoms. The summed E-state index contributed by atoms with van der Waals surface area (Å²) in [5.74, 6) is -0.0517. The van der Waals surface area contributed by atoms with Crippen molar-refractivity contribution >= 4 is 27.5 Å². The van der Waals surface area contributed by atoms with Crippen LogP contribution < -0.4 is 11.1 Å². The highest BCUT2D eigenvalue weighted by molar-refractivity contribution is 9.10. The summed E-state index contributed by atoms with van der Waals surface area (Å²) in [6, 6.07) is 5.18. The van der Waals surface area contributed by atoms with Crippen molar-refractivity contribution in [1.82, 2.24) is 5.32 Å². The molecule has 0 unspecified atom stereocenters. The van der Waals surface area contributed by atoms with Gasteiger partial charge in [0, 0.05) is 22.3 Å². The number of carbonyl (C=O) groups excluding carboxylic acids is 1. The first-order valence-corrected chi connectivity index (χ1v) is 5.77.